The molecule has 1 amide bonds. The SMILES string of the molecule is CC(C)(NC(=O)O)C1CN(Cc2ccccc2)CCO1. The van der Waals surface area contributed by atoms with Crippen LogP contribution in [0.5, 0.6) is 0 Å². The Labute approximate surface area is 119 Å². The summed E-state index contributed by atoms with van der Waals surface area (Å²) in [5.74, 6) is 0. The van der Waals surface area contributed by atoms with Crippen molar-refractivity contribution in [1.82, 2.24) is 10.2 Å². The molecule has 1 heterocycles. The van der Waals surface area contributed by atoms with Crippen LogP contribution >= 0.6 is 0 Å². The zero-order chi connectivity index (χ0) is 14.6. The molecule has 0 spiro atoms. The van der Waals surface area contributed by atoms with Gasteiger partial charge in [-0.05, 0) is 19.4 Å². The van der Waals surface area contributed by atoms with Crippen molar-refractivity contribution in [3.63, 3.8) is 0 Å². The van der Waals surface area contributed by atoms with Crippen LogP contribution in [0.25, 0.3) is 0 Å². The van der Waals surface area contributed by atoms with Crippen molar-refractivity contribution in [2.45, 2.75) is 32.0 Å². The van der Waals surface area contributed by atoms with Gasteiger partial charge in [-0.1, -0.05) is 30.3 Å². The Morgan fingerprint density at radius 3 is 2.80 bits per heavy atom. The number of nitrogens with one attached hydrogen (secondary N) is 1. The van der Waals surface area contributed by atoms with E-state index in [2.05, 4.69) is 22.3 Å². The van der Waals surface area contributed by atoms with E-state index in [0.29, 0.717) is 6.61 Å². The zero-order valence-corrected chi connectivity index (χ0v) is 12.0. The van der Waals surface area contributed by atoms with Crippen molar-refractivity contribution in [2.24, 2.45) is 0 Å². The molecule has 1 aromatic rings. The Bertz CT molecular complexity index is 448. The van der Waals surface area contributed by atoms with Gasteiger partial charge in [0, 0.05) is 19.6 Å². The fraction of sp³-hybridized carbons (Fsp3) is 0.533. The van der Waals surface area contributed by atoms with E-state index in [0.717, 1.165) is 19.6 Å². The second-order valence-electron chi connectivity index (χ2n) is 5.73. The Hall–Kier alpha value is -1.59. The normalized spacial score (nSPS) is 20.6. The summed E-state index contributed by atoms with van der Waals surface area (Å²) >= 11 is 0. The molecular weight excluding hydrogens is 256 g/mol. The first-order valence-corrected chi connectivity index (χ1v) is 6.86. The van der Waals surface area contributed by atoms with Crippen molar-refractivity contribution in [3.8, 4) is 0 Å². The molecule has 1 aliphatic heterocycles. The maximum atomic E-state index is 10.8. The predicted molar refractivity (Wildman–Crippen MR) is 76.7 cm³/mol. The van der Waals surface area contributed by atoms with Crippen LogP contribution in [0.1, 0.15) is 19.4 Å². The summed E-state index contributed by atoms with van der Waals surface area (Å²) in [5, 5.41) is 11.4. The zero-order valence-electron chi connectivity index (χ0n) is 12.0. The van der Waals surface area contributed by atoms with Crippen LogP contribution in [-0.2, 0) is 11.3 Å². The highest BCUT2D eigenvalue weighted by molar-refractivity contribution is 5.65. The average Bonchev–Trinajstić information content (AvgIpc) is 2.39. The molecule has 1 atom stereocenters. The van der Waals surface area contributed by atoms with Gasteiger partial charge in [-0.3, -0.25) is 4.90 Å². The van der Waals surface area contributed by atoms with Crippen LogP contribution < -0.4 is 5.32 Å². The average molecular weight is 278 g/mol. The second-order valence-corrected chi connectivity index (χ2v) is 5.73. The summed E-state index contributed by atoms with van der Waals surface area (Å²) in [6, 6.07) is 10.3. The van der Waals surface area contributed by atoms with Crippen molar-refractivity contribution in [1.29, 1.82) is 0 Å². The third-order valence-electron chi connectivity index (χ3n) is 3.63. The number of hydrogen-bond acceptors (Lipinski definition) is 3. The molecule has 0 bridgehead atoms. The van der Waals surface area contributed by atoms with E-state index in [4.69, 9.17) is 9.84 Å². The van der Waals surface area contributed by atoms with Gasteiger partial charge < -0.3 is 15.2 Å². The first-order valence-electron chi connectivity index (χ1n) is 6.86. The number of amides is 1. The van der Waals surface area contributed by atoms with Crippen molar-refractivity contribution in [3.05, 3.63) is 35.9 Å². The van der Waals surface area contributed by atoms with Gasteiger partial charge in [-0.25, -0.2) is 4.79 Å². The molecule has 5 heteroatoms. The van der Waals surface area contributed by atoms with Crippen molar-refractivity contribution in [2.75, 3.05) is 19.7 Å². The van der Waals surface area contributed by atoms with E-state index in [9.17, 15) is 4.79 Å². The number of nitrogens with zero attached hydrogens (tertiary/aromatic N) is 1. The summed E-state index contributed by atoms with van der Waals surface area (Å²) in [4.78, 5) is 13.2. The largest absolute Gasteiger partial charge is 0.465 e. The lowest BCUT2D eigenvalue weighted by Crippen LogP contribution is -2.59. The smallest absolute Gasteiger partial charge is 0.405 e. The van der Waals surface area contributed by atoms with Crippen LogP contribution in [-0.4, -0.2) is 47.4 Å². The Kier molecular flexibility index (Phi) is 4.62. The van der Waals surface area contributed by atoms with Gasteiger partial charge in [0.05, 0.1) is 18.2 Å². The summed E-state index contributed by atoms with van der Waals surface area (Å²) in [5.41, 5.74) is 0.665. The molecule has 1 unspecified atom stereocenters. The highest BCUT2D eigenvalue weighted by Gasteiger charge is 2.35. The Morgan fingerprint density at radius 1 is 1.45 bits per heavy atom. The minimum Gasteiger partial charge on any atom is -0.465 e. The van der Waals surface area contributed by atoms with Crippen LogP contribution in [0, 0.1) is 0 Å². The fourth-order valence-electron chi connectivity index (χ4n) is 2.48. The highest BCUT2D eigenvalue weighted by Crippen LogP contribution is 2.19. The molecule has 0 aromatic heterocycles. The van der Waals surface area contributed by atoms with Gasteiger partial charge in [0.25, 0.3) is 0 Å². The molecule has 1 aromatic carbocycles. The van der Waals surface area contributed by atoms with E-state index >= 15 is 0 Å². The topological polar surface area (TPSA) is 61.8 Å². The molecule has 5 nitrogen and oxygen atoms in total. The minimum atomic E-state index is -1.02. The number of rotatable bonds is 4. The summed E-state index contributed by atoms with van der Waals surface area (Å²) in [7, 11) is 0. The minimum absolute atomic E-state index is 0.143. The monoisotopic (exact) mass is 278 g/mol. The van der Waals surface area contributed by atoms with Gasteiger partial charge in [-0.15, -0.1) is 0 Å². The lowest BCUT2D eigenvalue weighted by molar-refractivity contribution is -0.0682. The van der Waals surface area contributed by atoms with E-state index < -0.39 is 11.6 Å². The van der Waals surface area contributed by atoms with Crippen LogP contribution in [0.3, 0.4) is 0 Å². The maximum Gasteiger partial charge on any atom is 0.405 e. The van der Waals surface area contributed by atoms with Crippen molar-refractivity contribution < 1.29 is 14.6 Å². The maximum absolute atomic E-state index is 10.8. The lowest BCUT2D eigenvalue weighted by Gasteiger charge is -2.41. The van der Waals surface area contributed by atoms with Crippen LogP contribution in [0.4, 0.5) is 4.79 Å². The molecule has 0 saturated carbocycles. The first-order chi connectivity index (χ1) is 9.47. The molecule has 110 valence electrons. The van der Waals surface area contributed by atoms with Gasteiger partial charge in [0.15, 0.2) is 0 Å². The predicted octanol–water partition coefficient (Wildman–Crippen LogP) is 1.93. The number of ether oxygens (including phenoxy) is 1. The number of hydrogen-bond donors (Lipinski definition) is 2. The van der Waals surface area contributed by atoms with Gasteiger partial charge >= 0.3 is 6.09 Å². The second kappa shape index (κ2) is 6.24. The van der Waals surface area contributed by atoms with Gasteiger partial charge in [-0.2, -0.15) is 0 Å². The van der Waals surface area contributed by atoms with Gasteiger partial charge in [0.2, 0.25) is 0 Å². The number of benzene rings is 1. The highest BCUT2D eigenvalue weighted by atomic mass is 16.5. The van der Waals surface area contributed by atoms with Crippen molar-refractivity contribution >= 4 is 6.09 Å². The Balaban J connectivity index is 1.96. The lowest BCUT2D eigenvalue weighted by atomic mass is 9.95. The fourth-order valence-corrected chi connectivity index (χ4v) is 2.48. The van der Waals surface area contributed by atoms with Crippen LogP contribution in [0.15, 0.2) is 30.3 Å². The molecule has 0 aliphatic carbocycles. The van der Waals surface area contributed by atoms with E-state index in [1.54, 1.807) is 0 Å². The molecule has 0 radical (unpaired) electrons. The number of carboxylic acid groups (broad SMARTS) is 1. The first kappa shape index (κ1) is 14.8. The number of carbonyl (C=O) groups is 1. The van der Waals surface area contributed by atoms with Crippen LogP contribution in [0.2, 0.25) is 0 Å². The standard InChI is InChI=1S/C15H22N2O3/c1-15(2,16-14(18)19)13-11-17(8-9-20-13)10-12-6-4-3-5-7-12/h3-7,13,16H,8-11H2,1-2H3,(H,18,19). The molecule has 20 heavy (non-hydrogen) atoms. The third-order valence-corrected chi connectivity index (χ3v) is 3.63. The number of morpholine rings is 1. The Morgan fingerprint density at radius 2 is 2.15 bits per heavy atom. The molecule has 1 fully saturated rings. The molecule has 1 saturated heterocycles. The molecule has 2 rings (SSSR count). The van der Waals surface area contributed by atoms with E-state index in [1.165, 1.54) is 5.56 Å². The quantitative estimate of drug-likeness (QED) is 0.883. The summed E-state index contributed by atoms with van der Waals surface area (Å²) in [6.45, 7) is 6.80. The molecule has 1 aliphatic rings. The summed E-state index contributed by atoms with van der Waals surface area (Å²) in [6.07, 6.45) is -1.16. The third kappa shape index (κ3) is 3.95. The molecular formula is C15H22N2O3. The van der Waals surface area contributed by atoms with Gasteiger partial charge in [0.1, 0.15) is 0 Å². The summed E-state index contributed by atoms with van der Waals surface area (Å²) < 4.78 is 5.74. The van der Waals surface area contributed by atoms with E-state index in [-0.39, 0.29) is 6.10 Å². The molecule has 2 N–H and O–H groups in total. The van der Waals surface area contributed by atoms with E-state index in [1.807, 2.05) is 32.0 Å².